The number of benzene rings is 1. The van der Waals surface area contributed by atoms with Crippen molar-refractivity contribution in [3.05, 3.63) is 29.6 Å². The summed E-state index contributed by atoms with van der Waals surface area (Å²) in [5.74, 6) is -4.29. The number of amides is 3. The third-order valence-electron chi connectivity index (χ3n) is 4.37. The van der Waals surface area contributed by atoms with Crippen LogP contribution >= 0.6 is 0 Å². The summed E-state index contributed by atoms with van der Waals surface area (Å²) in [5.41, 5.74) is -3.62. The Labute approximate surface area is 196 Å². The van der Waals surface area contributed by atoms with Gasteiger partial charge < -0.3 is 14.2 Å². The summed E-state index contributed by atoms with van der Waals surface area (Å²) in [6, 6.07) is 2.84. The first-order valence-corrected chi connectivity index (χ1v) is 10.2. The zero-order chi connectivity index (χ0) is 26.2. The molecule has 1 aliphatic rings. The first kappa shape index (κ1) is 26.6. The minimum absolute atomic E-state index is 0.236. The van der Waals surface area contributed by atoms with Gasteiger partial charge in [-0.1, -0.05) is 0 Å². The molecule has 0 saturated heterocycles. The summed E-state index contributed by atoms with van der Waals surface area (Å²) in [6.07, 6.45) is -2.61. The Bertz CT molecular complexity index is 1040. The number of nitrogens with zero attached hydrogens (tertiary/aromatic N) is 2. The van der Waals surface area contributed by atoms with Crippen molar-refractivity contribution in [1.82, 2.24) is 10.4 Å². The second kappa shape index (κ2) is 8.92. The fourth-order valence-corrected chi connectivity index (χ4v) is 3.32. The predicted octanol–water partition coefficient (Wildman–Crippen LogP) is 2.92. The number of halogens is 1. The van der Waals surface area contributed by atoms with Crippen LogP contribution in [0.4, 0.5) is 19.7 Å². The van der Waals surface area contributed by atoms with E-state index in [1.54, 1.807) is 20.8 Å². The molecule has 1 atom stereocenters. The molecule has 0 saturated carbocycles. The molecule has 0 unspecified atom stereocenters. The molecule has 1 aliphatic heterocycles. The largest absolute Gasteiger partial charge is 0.465 e. The van der Waals surface area contributed by atoms with Gasteiger partial charge in [0.1, 0.15) is 17.0 Å². The maximum absolute atomic E-state index is 14.1. The van der Waals surface area contributed by atoms with Crippen LogP contribution < -0.4 is 10.3 Å². The van der Waals surface area contributed by atoms with E-state index in [1.807, 2.05) is 5.43 Å². The van der Waals surface area contributed by atoms with Gasteiger partial charge in [-0.2, -0.15) is 5.01 Å². The number of hydrogen-bond acceptors (Lipinski definition) is 8. The van der Waals surface area contributed by atoms with Gasteiger partial charge in [0.15, 0.2) is 0 Å². The average molecular weight is 481 g/mol. The summed E-state index contributed by atoms with van der Waals surface area (Å²) >= 11 is 0. The number of rotatable bonds is 2. The number of Topliss-reactive ketones (excluding diaryl/α,β-unsaturated/α-hetero) is 1. The van der Waals surface area contributed by atoms with Gasteiger partial charge in [0, 0.05) is 12.5 Å². The predicted molar refractivity (Wildman–Crippen MR) is 116 cm³/mol. The lowest BCUT2D eigenvalue weighted by Crippen LogP contribution is -2.74. The lowest BCUT2D eigenvalue weighted by atomic mass is 10.0. The van der Waals surface area contributed by atoms with E-state index in [1.165, 1.54) is 20.8 Å². The van der Waals surface area contributed by atoms with Crippen molar-refractivity contribution < 1.29 is 42.6 Å². The van der Waals surface area contributed by atoms with E-state index in [0.29, 0.717) is 4.90 Å². The van der Waals surface area contributed by atoms with Crippen molar-refractivity contribution in [2.75, 3.05) is 12.0 Å². The number of hydrogen-bond donors (Lipinski definition) is 1. The first-order valence-electron chi connectivity index (χ1n) is 10.2. The topological polar surface area (TPSA) is 132 Å². The quantitative estimate of drug-likeness (QED) is 0.295. The number of ketones is 1. The van der Waals surface area contributed by atoms with Gasteiger partial charge >= 0.3 is 23.8 Å². The second-order valence-electron chi connectivity index (χ2n) is 9.44. The zero-order valence-corrected chi connectivity index (χ0v) is 20.3. The van der Waals surface area contributed by atoms with Gasteiger partial charge in [0.2, 0.25) is 11.7 Å². The van der Waals surface area contributed by atoms with Crippen molar-refractivity contribution in [1.29, 1.82) is 0 Å². The first-order chi connectivity index (χ1) is 15.5. The SMILES string of the molecule is COC(=O)[C@]1(N(NC(=O)OC(C)(C)C)C(=O)OC(C)(C)C)C(=O)c2ccc(F)cc2N1C(C)=O. The minimum Gasteiger partial charge on any atom is -0.465 e. The van der Waals surface area contributed by atoms with Crippen LogP contribution in [0.25, 0.3) is 0 Å². The van der Waals surface area contributed by atoms with Gasteiger partial charge in [-0.25, -0.2) is 24.2 Å². The fourth-order valence-electron chi connectivity index (χ4n) is 3.32. The Hall–Kier alpha value is -3.70. The Morgan fingerprint density at radius 2 is 1.59 bits per heavy atom. The molecule has 0 aromatic heterocycles. The Balaban J connectivity index is 2.83. The molecular weight excluding hydrogens is 453 g/mol. The lowest BCUT2D eigenvalue weighted by molar-refractivity contribution is -0.154. The van der Waals surface area contributed by atoms with Gasteiger partial charge in [-0.05, 0) is 59.7 Å². The maximum Gasteiger partial charge on any atom is 0.432 e. The van der Waals surface area contributed by atoms with Crippen LogP contribution in [0, 0.1) is 5.82 Å². The van der Waals surface area contributed by atoms with E-state index in [0.717, 1.165) is 32.2 Å². The maximum atomic E-state index is 14.1. The van der Waals surface area contributed by atoms with Crippen molar-refractivity contribution in [2.24, 2.45) is 0 Å². The van der Waals surface area contributed by atoms with Crippen LogP contribution in [0.15, 0.2) is 18.2 Å². The smallest absolute Gasteiger partial charge is 0.432 e. The Morgan fingerprint density at radius 3 is 2.06 bits per heavy atom. The van der Waals surface area contributed by atoms with E-state index in [4.69, 9.17) is 14.2 Å². The Morgan fingerprint density at radius 1 is 1.03 bits per heavy atom. The molecule has 11 nitrogen and oxygen atoms in total. The number of fused-ring (bicyclic) bond motifs is 1. The summed E-state index contributed by atoms with van der Waals surface area (Å²) in [5, 5.41) is 0.236. The molecule has 3 amide bonds. The molecule has 1 heterocycles. The second-order valence-corrected chi connectivity index (χ2v) is 9.44. The fraction of sp³-hybridized carbons (Fsp3) is 0.500. The number of esters is 1. The van der Waals surface area contributed by atoms with Crippen LogP contribution in [0.3, 0.4) is 0 Å². The van der Waals surface area contributed by atoms with Crippen molar-refractivity contribution in [3.8, 4) is 0 Å². The van der Waals surface area contributed by atoms with E-state index in [-0.39, 0.29) is 16.3 Å². The normalized spacial score (nSPS) is 17.6. The molecule has 186 valence electrons. The minimum atomic E-state index is -2.92. The molecule has 0 bridgehead atoms. The summed E-state index contributed by atoms with van der Waals surface area (Å²) in [7, 11) is 0.917. The highest BCUT2D eigenvalue weighted by Crippen LogP contribution is 2.42. The van der Waals surface area contributed by atoms with Crippen molar-refractivity contribution in [3.63, 3.8) is 0 Å². The third kappa shape index (κ3) is 4.95. The van der Waals surface area contributed by atoms with E-state index in [9.17, 15) is 28.4 Å². The van der Waals surface area contributed by atoms with Crippen LogP contribution in [0.1, 0.15) is 58.8 Å². The monoisotopic (exact) mass is 481 g/mol. The van der Waals surface area contributed by atoms with E-state index < -0.39 is 52.5 Å². The summed E-state index contributed by atoms with van der Waals surface area (Å²) in [6.45, 7) is 10.1. The number of carbonyl (C=O) groups excluding carboxylic acids is 5. The molecule has 0 aliphatic carbocycles. The number of nitrogens with one attached hydrogen (secondary N) is 1. The zero-order valence-electron chi connectivity index (χ0n) is 20.3. The van der Waals surface area contributed by atoms with Crippen LogP contribution in [0.2, 0.25) is 0 Å². The van der Waals surface area contributed by atoms with Crippen LogP contribution in [-0.4, -0.2) is 58.8 Å². The molecule has 0 fully saturated rings. The third-order valence-corrected chi connectivity index (χ3v) is 4.37. The molecule has 34 heavy (non-hydrogen) atoms. The van der Waals surface area contributed by atoms with Crippen molar-refractivity contribution in [2.45, 2.75) is 65.3 Å². The lowest BCUT2D eigenvalue weighted by Gasteiger charge is -2.42. The van der Waals surface area contributed by atoms with Crippen LogP contribution in [-0.2, 0) is 23.8 Å². The Kier molecular flexibility index (Phi) is 6.96. The van der Waals surface area contributed by atoms with Gasteiger partial charge in [0.05, 0.1) is 12.8 Å². The summed E-state index contributed by atoms with van der Waals surface area (Å²) < 4.78 is 29.4. The standard InChI is InChI=1S/C22H28FN3O8/c1-12(27)25-15-11-13(23)9-10-14(15)16(28)22(25,17(29)32-8)26(19(31)34-21(5,6)7)24-18(30)33-20(2,3)4/h9-11H,1-8H3,(H,24,30)/t22-/m1/s1. The molecule has 0 spiro atoms. The molecule has 1 N–H and O–H groups in total. The van der Waals surface area contributed by atoms with Gasteiger partial charge in [0.25, 0.3) is 0 Å². The molecule has 1 aromatic carbocycles. The van der Waals surface area contributed by atoms with Crippen LogP contribution in [0.5, 0.6) is 0 Å². The van der Waals surface area contributed by atoms with E-state index in [2.05, 4.69) is 0 Å². The molecule has 2 rings (SSSR count). The molecule has 12 heteroatoms. The van der Waals surface area contributed by atoms with Gasteiger partial charge in [-0.3, -0.25) is 14.5 Å². The molecular formula is C22H28FN3O8. The van der Waals surface area contributed by atoms with Crippen molar-refractivity contribution >= 4 is 35.5 Å². The molecule has 1 aromatic rings. The number of hydrazine groups is 1. The average Bonchev–Trinajstić information content (AvgIpc) is 2.91. The number of ether oxygens (including phenoxy) is 3. The molecule has 0 radical (unpaired) electrons. The van der Waals surface area contributed by atoms with Gasteiger partial charge in [-0.15, -0.1) is 0 Å². The number of carbonyl (C=O) groups is 5. The highest BCUT2D eigenvalue weighted by atomic mass is 19.1. The highest BCUT2D eigenvalue weighted by molar-refractivity contribution is 6.30. The highest BCUT2D eigenvalue weighted by Gasteiger charge is 2.67. The van der Waals surface area contributed by atoms with E-state index >= 15 is 0 Å². The summed E-state index contributed by atoms with van der Waals surface area (Å²) in [4.78, 5) is 66.1. The number of anilines is 1. The number of methoxy groups -OCH3 is 1.